The zero-order chi connectivity index (χ0) is 15.4. The number of halogens is 1. The molecule has 0 saturated heterocycles. The molecule has 2 nitrogen and oxygen atoms in total. The lowest BCUT2D eigenvalue weighted by molar-refractivity contribution is 0.722. The number of benzene rings is 2. The molecule has 0 aliphatic rings. The summed E-state index contributed by atoms with van der Waals surface area (Å²) in [5, 5.41) is 7.75. The van der Waals surface area contributed by atoms with Crippen molar-refractivity contribution in [3.63, 3.8) is 0 Å². The summed E-state index contributed by atoms with van der Waals surface area (Å²) in [5.41, 5.74) is 4.39. The van der Waals surface area contributed by atoms with Gasteiger partial charge in [-0.05, 0) is 56.2 Å². The summed E-state index contributed by atoms with van der Waals surface area (Å²) in [7, 11) is 0. The third-order valence-electron chi connectivity index (χ3n) is 3.35. The number of hydrogen-bond donors (Lipinski definition) is 2. The van der Waals surface area contributed by atoms with E-state index in [0.717, 1.165) is 16.3 Å². The lowest BCUT2D eigenvalue weighted by Gasteiger charge is -2.18. The summed E-state index contributed by atoms with van der Waals surface area (Å²) in [5.74, 6) is 0. The normalized spacial score (nSPS) is 11.8. The third-order valence-corrected chi connectivity index (χ3v) is 3.98. The molecule has 2 aromatic rings. The van der Waals surface area contributed by atoms with Crippen molar-refractivity contribution in [1.82, 2.24) is 5.32 Å². The van der Waals surface area contributed by atoms with E-state index in [1.54, 1.807) is 0 Å². The molecule has 0 heterocycles. The first kappa shape index (κ1) is 15.8. The molecule has 0 aliphatic heterocycles. The predicted molar refractivity (Wildman–Crippen MR) is 95.1 cm³/mol. The van der Waals surface area contributed by atoms with E-state index < -0.39 is 0 Å². The maximum Gasteiger partial charge on any atom is 0.171 e. The number of thiocarbonyl (C=S) groups is 1. The zero-order valence-corrected chi connectivity index (χ0v) is 14.0. The highest BCUT2D eigenvalue weighted by Gasteiger charge is 2.07. The molecule has 0 radical (unpaired) electrons. The molecule has 0 spiro atoms. The number of nitrogens with one attached hydrogen (secondary N) is 2. The average Bonchev–Trinajstić information content (AvgIpc) is 2.43. The summed E-state index contributed by atoms with van der Waals surface area (Å²) in [4.78, 5) is 0. The van der Waals surface area contributed by atoms with Crippen molar-refractivity contribution in [3.8, 4) is 0 Å². The van der Waals surface area contributed by atoms with Gasteiger partial charge in [-0.3, -0.25) is 0 Å². The van der Waals surface area contributed by atoms with Crippen LogP contribution in [0.4, 0.5) is 5.69 Å². The van der Waals surface area contributed by atoms with Crippen molar-refractivity contribution in [2.45, 2.75) is 26.8 Å². The number of rotatable bonds is 3. The summed E-state index contributed by atoms with van der Waals surface area (Å²) in [6, 6.07) is 14.4. The van der Waals surface area contributed by atoms with E-state index in [-0.39, 0.29) is 6.04 Å². The first-order chi connectivity index (χ1) is 9.95. The van der Waals surface area contributed by atoms with Crippen molar-refractivity contribution in [2.24, 2.45) is 0 Å². The molecule has 0 aliphatic carbocycles. The van der Waals surface area contributed by atoms with Crippen molar-refractivity contribution >= 4 is 34.6 Å². The smallest absolute Gasteiger partial charge is 0.171 e. The van der Waals surface area contributed by atoms with E-state index in [2.05, 4.69) is 48.7 Å². The summed E-state index contributed by atoms with van der Waals surface area (Å²) >= 11 is 11.5. The highest BCUT2D eigenvalue weighted by atomic mass is 35.5. The van der Waals surface area contributed by atoms with Crippen LogP contribution in [0.5, 0.6) is 0 Å². The molecule has 0 unspecified atom stereocenters. The molecular formula is C17H19ClN2S. The summed E-state index contributed by atoms with van der Waals surface area (Å²) < 4.78 is 0. The molecule has 2 aromatic carbocycles. The van der Waals surface area contributed by atoms with Crippen molar-refractivity contribution < 1.29 is 0 Å². The van der Waals surface area contributed by atoms with Gasteiger partial charge in [0.2, 0.25) is 0 Å². The Morgan fingerprint density at radius 1 is 1.10 bits per heavy atom. The Balaban J connectivity index is 1.97. The van der Waals surface area contributed by atoms with Crippen LogP contribution in [0, 0.1) is 13.8 Å². The largest absolute Gasteiger partial charge is 0.356 e. The Labute approximate surface area is 136 Å². The van der Waals surface area contributed by atoms with Gasteiger partial charge in [-0.1, -0.05) is 47.5 Å². The molecule has 0 saturated carbocycles. The van der Waals surface area contributed by atoms with Crippen LogP contribution in [0.15, 0.2) is 42.5 Å². The fourth-order valence-electron chi connectivity index (χ4n) is 1.97. The molecule has 1 atom stereocenters. The molecule has 0 bridgehead atoms. The summed E-state index contributed by atoms with van der Waals surface area (Å²) in [6.07, 6.45) is 0. The first-order valence-electron chi connectivity index (χ1n) is 6.86. The molecule has 2 rings (SSSR count). The Morgan fingerprint density at radius 2 is 1.76 bits per heavy atom. The quantitative estimate of drug-likeness (QED) is 0.778. The lowest BCUT2D eigenvalue weighted by atomic mass is 10.1. The van der Waals surface area contributed by atoms with E-state index in [0.29, 0.717) is 5.11 Å². The van der Waals surface area contributed by atoms with Crippen LogP contribution in [0.3, 0.4) is 0 Å². The average molecular weight is 319 g/mol. The lowest BCUT2D eigenvalue weighted by Crippen LogP contribution is -2.30. The Hall–Kier alpha value is -1.58. The van der Waals surface area contributed by atoms with Gasteiger partial charge >= 0.3 is 0 Å². The summed E-state index contributed by atoms with van der Waals surface area (Å²) in [6.45, 7) is 6.14. The predicted octanol–water partition coefficient (Wildman–Crippen LogP) is 5.00. The fraction of sp³-hybridized carbons (Fsp3) is 0.235. The number of aryl methyl sites for hydroxylation is 2. The highest BCUT2D eigenvalue weighted by Crippen LogP contribution is 2.20. The van der Waals surface area contributed by atoms with E-state index in [1.165, 1.54) is 11.1 Å². The Kier molecular flexibility index (Phi) is 5.21. The SMILES string of the molecule is Cc1ccc([C@@H](C)NC(=S)Nc2ccc(C)c(Cl)c2)cc1. The van der Waals surface area contributed by atoms with Crippen LogP contribution in [0.2, 0.25) is 5.02 Å². The van der Waals surface area contributed by atoms with E-state index in [4.69, 9.17) is 23.8 Å². The molecule has 2 N–H and O–H groups in total. The van der Waals surface area contributed by atoms with Crippen molar-refractivity contribution in [3.05, 3.63) is 64.2 Å². The van der Waals surface area contributed by atoms with E-state index in [1.807, 2.05) is 25.1 Å². The maximum atomic E-state index is 6.11. The van der Waals surface area contributed by atoms with Crippen LogP contribution in [-0.2, 0) is 0 Å². The van der Waals surface area contributed by atoms with Gasteiger partial charge in [-0.2, -0.15) is 0 Å². The minimum absolute atomic E-state index is 0.145. The van der Waals surface area contributed by atoms with Gasteiger partial charge in [0.1, 0.15) is 0 Å². The third kappa shape index (κ3) is 4.45. The van der Waals surface area contributed by atoms with Gasteiger partial charge in [0.15, 0.2) is 5.11 Å². The number of anilines is 1. The van der Waals surface area contributed by atoms with Gasteiger partial charge in [-0.25, -0.2) is 0 Å². The maximum absolute atomic E-state index is 6.11. The van der Waals surface area contributed by atoms with Gasteiger partial charge in [0.25, 0.3) is 0 Å². The van der Waals surface area contributed by atoms with Crippen LogP contribution in [0.25, 0.3) is 0 Å². The Bertz CT molecular complexity index is 638. The van der Waals surface area contributed by atoms with Crippen LogP contribution in [-0.4, -0.2) is 5.11 Å². The van der Waals surface area contributed by atoms with Crippen molar-refractivity contribution in [1.29, 1.82) is 0 Å². The van der Waals surface area contributed by atoms with Crippen LogP contribution < -0.4 is 10.6 Å². The second-order valence-corrected chi connectivity index (χ2v) is 6.01. The highest BCUT2D eigenvalue weighted by molar-refractivity contribution is 7.80. The minimum atomic E-state index is 0.145. The fourth-order valence-corrected chi connectivity index (χ4v) is 2.45. The van der Waals surface area contributed by atoms with E-state index in [9.17, 15) is 0 Å². The van der Waals surface area contributed by atoms with Gasteiger partial charge in [-0.15, -0.1) is 0 Å². The molecule has 0 aromatic heterocycles. The van der Waals surface area contributed by atoms with Crippen LogP contribution in [0.1, 0.15) is 29.7 Å². The molecule has 0 fully saturated rings. The second kappa shape index (κ2) is 6.92. The topological polar surface area (TPSA) is 24.1 Å². The van der Waals surface area contributed by atoms with Gasteiger partial charge in [0, 0.05) is 10.7 Å². The molecule has 21 heavy (non-hydrogen) atoms. The molecule has 0 amide bonds. The van der Waals surface area contributed by atoms with Crippen molar-refractivity contribution in [2.75, 3.05) is 5.32 Å². The second-order valence-electron chi connectivity index (χ2n) is 5.19. The first-order valence-corrected chi connectivity index (χ1v) is 7.64. The minimum Gasteiger partial charge on any atom is -0.356 e. The number of hydrogen-bond acceptors (Lipinski definition) is 1. The molecular weight excluding hydrogens is 300 g/mol. The Morgan fingerprint density at radius 3 is 2.38 bits per heavy atom. The molecule has 110 valence electrons. The van der Waals surface area contributed by atoms with Crippen LogP contribution >= 0.6 is 23.8 Å². The standard InChI is InChI=1S/C17H19ClN2S/c1-11-4-7-14(8-5-11)13(3)19-17(21)20-15-9-6-12(2)16(18)10-15/h4-10,13H,1-3H3,(H2,19,20,21)/t13-/m1/s1. The van der Waals surface area contributed by atoms with E-state index >= 15 is 0 Å². The zero-order valence-electron chi connectivity index (χ0n) is 12.4. The van der Waals surface area contributed by atoms with Gasteiger partial charge in [0.05, 0.1) is 6.04 Å². The molecule has 4 heteroatoms. The van der Waals surface area contributed by atoms with Gasteiger partial charge < -0.3 is 10.6 Å². The monoisotopic (exact) mass is 318 g/mol.